The number of hydrogen-bond donors (Lipinski definition) is 1. The van der Waals surface area contributed by atoms with Gasteiger partial charge in [0, 0.05) is 0 Å². The standard InChI is InChI=1S/C8H10O2S/c11-10-7-6-9-8-4-2-1-3-5-8/h1-5,11H,6-7H2. The Balaban J connectivity index is 2.28. The molecule has 2 nitrogen and oxygen atoms in total. The first-order chi connectivity index (χ1) is 5.43. The van der Waals surface area contributed by atoms with Crippen molar-refractivity contribution in [3.8, 4) is 5.75 Å². The van der Waals surface area contributed by atoms with Crippen LogP contribution < -0.4 is 4.74 Å². The van der Waals surface area contributed by atoms with Crippen LogP contribution in [0.15, 0.2) is 30.3 Å². The van der Waals surface area contributed by atoms with Crippen molar-refractivity contribution in [1.29, 1.82) is 0 Å². The Morgan fingerprint density at radius 2 is 1.82 bits per heavy atom. The Morgan fingerprint density at radius 3 is 2.45 bits per heavy atom. The molecule has 11 heavy (non-hydrogen) atoms. The molecule has 0 spiro atoms. The fourth-order valence-electron chi connectivity index (χ4n) is 0.714. The number of benzene rings is 1. The van der Waals surface area contributed by atoms with Gasteiger partial charge in [-0.15, -0.1) is 0 Å². The third kappa shape index (κ3) is 3.30. The van der Waals surface area contributed by atoms with Gasteiger partial charge in [-0.1, -0.05) is 18.2 Å². The van der Waals surface area contributed by atoms with Crippen LogP contribution in [0.2, 0.25) is 0 Å². The van der Waals surface area contributed by atoms with E-state index in [-0.39, 0.29) is 0 Å². The molecule has 0 aromatic heterocycles. The molecule has 1 rings (SSSR count). The van der Waals surface area contributed by atoms with Crippen LogP contribution in [-0.2, 0) is 4.18 Å². The van der Waals surface area contributed by atoms with Crippen LogP contribution in [-0.4, -0.2) is 13.2 Å². The zero-order valence-corrected chi connectivity index (χ0v) is 6.96. The van der Waals surface area contributed by atoms with Crippen LogP contribution >= 0.6 is 12.9 Å². The second-order valence-electron chi connectivity index (χ2n) is 1.99. The molecule has 0 radical (unpaired) electrons. The van der Waals surface area contributed by atoms with Crippen LogP contribution in [0.4, 0.5) is 0 Å². The van der Waals surface area contributed by atoms with E-state index in [1.807, 2.05) is 30.3 Å². The Bertz CT molecular complexity index is 189. The van der Waals surface area contributed by atoms with Crippen LogP contribution in [0.5, 0.6) is 5.75 Å². The zero-order chi connectivity index (χ0) is 7.94. The largest absolute Gasteiger partial charge is 0.491 e. The summed E-state index contributed by atoms with van der Waals surface area (Å²) < 4.78 is 9.81. The summed E-state index contributed by atoms with van der Waals surface area (Å²) in [5.41, 5.74) is 0. The van der Waals surface area contributed by atoms with Crippen molar-refractivity contribution >= 4 is 12.9 Å². The van der Waals surface area contributed by atoms with Gasteiger partial charge in [-0.25, -0.2) is 0 Å². The van der Waals surface area contributed by atoms with Gasteiger partial charge in [0.2, 0.25) is 0 Å². The minimum Gasteiger partial charge on any atom is -0.491 e. The number of ether oxygens (including phenoxy) is 1. The summed E-state index contributed by atoms with van der Waals surface area (Å²) in [7, 11) is 0. The van der Waals surface area contributed by atoms with Crippen molar-refractivity contribution < 1.29 is 8.92 Å². The van der Waals surface area contributed by atoms with Crippen molar-refractivity contribution in [2.24, 2.45) is 0 Å². The molecule has 0 N–H and O–H groups in total. The lowest BCUT2D eigenvalue weighted by Crippen LogP contribution is -2.01. The summed E-state index contributed by atoms with van der Waals surface area (Å²) in [5.74, 6) is 0.859. The average Bonchev–Trinajstić information content (AvgIpc) is 2.07. The Labute approximate surface area is 71.8 Å². The first kappa shape index (κ1) is 8.43. The highest BCUT2D eigenvalue weighted by Gasteiger charge is 1.88. The summed E-state index contributed by atoms with van der Waals surface area (Å²) in [6.45, 7) is 1.03. The second-order valence-corrected chi connectivity index (χ2v) is 2.25. The molecule has 0 aliphatic heterocycles. The number of thiol groups is 1. The molecule has 1 aromatic rings. The SMILES string of the molecule is SOCCOc1ccccc1. The predicted molar refractivity (Wildman–Crippen MR) is 46.9 cm³/mol. The maximum atomic E-state index is 5.27. The van der Waals surface area contributed by atoms with Gasteiger partial charge >= 0.3 is 0 Å². The van der Waals surface area contributed by atoms with Gasteiger partial charge < -0.3 is 8.92 Å². The highest BCUT2D eigenvalue weighted by molar-refractivity contribution is 7.75. The van der Waals surface area contributed by atoms with Crippen LogP contribution in [0.3, 0.4) is 0 Å². The van der Waals surface area contributed by atoms with Gasteiger partial charge in [0.1, 0.15) is 12.4 Å². The first-order valence-corrected chi connectivity index (χ1v) is 3.74. The van der Waals surface area contributed by atoms with E-state index in [2.05, 4.69) is 17.1 Å². The molecule has 1 aromatic carbocycles. The molecule has 0 unspecified atom stereocenters. The minimum atomic E-state index is 0.498. The van der Waals surface area contributed by atoms with E-state index < -0.39 is 0 Å². The Hall–Kier alpha value is -0.670. The topological polar surface area (TPSA) is 18.5 Å². The monoisotopic (exact) mass is 170 g/mol. The van der Waals surface area contributed by atoms with Gasteiger partial charge in [-0.2, -0.15) is 0 Å². The van der Waals surface area contributed by atoms with E-state index in [0.29, 0.717) is 13.2 Å². The summed E-state index contributed by atoms with van der Waals surface area (Å²) >= 11 is 3.59. The van der Waals surface area contributed by atoms with Gasteiger partial charge in [0.15, 0.2) is 0 Å². The Kier molecular flexibility index (Phi) is 3.86. The fourth-order valence-corrected chi connectivity index (χ4v) is 0.788. The molecule has 0 aliphatic rings. The molecule has 60 valence electrons. The van der Waals surface area contributed by atoms with Gasteiger partial charge in [0.05, 0.1) is 6.61 Å². The molecular weight excluding hydrogens is 160 g/mol. The average molecular weight is 170 g/mol. The molecule has 0 fully saturated rings. The normalized spacial score (nSPS) is 9.55. The van der Waals surface area contributed by atoms with E-state index in [9.17, 15) is 0 Å². The van der Waals surface area contributed by atoms with Gasteiger partial charge in [-0.05, 0) is 25.0 Å². The van der Waals surface area contributed by atoms with Crippen LogP contribution in [0, 0.1) is 0 Å². The van der Waals surface area contributed by atoms with E-state index in [0.717, 1.165) is 5.75 Å². The summed E-state index contributed by atoms with van der Waals surface area (Å²) in [6.07, 6.45) is 0. The van der Waals surface area contributed by atoms with Crippen LogP contribution in [0.1, 0.15) is 0 Å². The predicted octanol–water partition coefficient (Wildman–Crippen LogP) is 1.93. The maximum absolute atomic E-state index is 5.27. The molecule has 0 saturated heterocycles. The van der Waals surface area contributed by atoms with Gasteiger partial charge in [0.25, 0.3) is 0 Å². The minimum absolute atomic E-state index is 0.498. The van der Waals surface area contributed by atoms with Crippen molar-refractivity contribution in [1.82, 2.24) is 0 Å². The Morgan fingerprint density at radius 1 is 1.09 bits per heavy atom. The first-order valence-electron chi connectivity index (χ1n) is 3.37. The molecule has 0 heterocycles. The molecule has 0 bridgehead atoms. The third-order valence-electron chi connectivity index (χ3n) is 1.19. The fraction of sp³-hybridized carbons (Fsp3) is 0.250. The van der Waals surface area contributed by atoms with Crippen LogP contribution in [0.25, 0.3) is 0 Å². The quantitative estimate of drug-likeness (QED) is 0.423. The van der Waals surface area contributed by atoms with Crippen molar-refractivity contribution in [3.05, 3.63) is 30.3 Å². The molecule has 0 atom stereocenters. The van der Waals surface area contributed by atoms with E-state index in [1.165, 1.54) is 0 Å². The van der Waals surface area contributed by atoms with E-state index in [1.54, 1.807) is 0 Å². The lowest BCUT2D eigenvalue weighted by atomic mass is 10.3. The van der Waals surface area contributed by atoms with Crippen molar-refractivity contribution in [2.75, 3.05) is 13.2 Å². The molecule has 0 saturated carbocycles. The highest BCUT2D eigenvalue weighted by atomic mass is 32.1. The summed E-state index contributed by atoms with van der Waals surface area (Å²) in [4.78, 5) is 0. The third-order valence-corrected chi connectivity index (χ3v) is 1.37. The van der Waals surface area contributed by atoms with Gasteiger partial charge in [-0.3, -0.25) is 0 Å². The molecule has 3 heteroatoms. The smallest absolute Gasteiger partial charge is 0.119 e. The molecule has 0 amide bonds. The lowest BCUT2D eigenvalue weighted by Gasteiger charge is -2.02. The number of rotatable bonds is 4. The molecule has 0 aliphatic carbocycles. The van der Waals surface area contributed by atoms with Crippen molar-refractivity contribution in [3.63, 3.8) is 0 Å². The second kappa shape index (κ2) is 5.04. The highest BCUT2D eigenvalue weighted by Crippen LogP contribution is 2.07. The summed E-state index contributed by atoms with van der Waals surface area (Å²) in [5, 5.41) is 0. The lowest BCUT2D eigenvalue weighted by molar-refractivity contribution is 0.241. The molecular formula is C8H10O2S. The van der Waals surface area contributed by atoms with E-state index >= 15 is 0 Å². The summed E-state index contributed by atoms with van der Waals surface area (Å²) in [6, 6.07) is 9.60. The van der Waals surface area contributed by atoms with E-state index in [4.69, 9.17) is 4.74 Å². The maximum Gasteiger partial charge on any atom is 0.119 e. The number of para-hydroxylation sites is 1. The van der Waals surface area contributed by atoms with Crippen molar-refractivity contribution in [2.45, 2.75) is 0 Å². The number of hydrogen-bond acceptors (Lipinski definition) is 3. The zero-order valence-electron chi connectivity index (χ0n) is 6.06.